The van der Waals surface area contributed by atoms with E-state index in [0.29, 0.717) is 10.7 Å². The van der Waals surface area contributed by atoms with E-state index in [0.717, 1.165) is 27.9 Å². The second kappa shape index (κ2) is 6.92. The lowest BCUT2D eigenvalue weighted by atomic mass is 10.0. The van der Waals surface area contributed by atoms with E-state index in [1.165, 1.54) is 5.56 Å². The molecule has 0 radical (unpaired) electrons. The molecule has 0 bridgehead atoms. The highest BCUT2D eigenvalue weighted by molar-refractivity contribution is 7.80. The lowest BCUT2D eigenvalue weighted by molar-refractivity contribution is 0.0977. The van der Waals surface area contributed by atoms with Crippen molar-refractivity contribution in [3.05, 3.63) is 63.7 Å². The zero-order valence-electron chi connectivity index (χ0n) is 14.2. The van der Waals surface area contributed by atoms with Gasteiger partial charge in [0.05, 0.1) is 0 Å². The van der Waals surface area contributed by atoms with E-state index in [2.05, 4.69) is 29.7 Å². The van der Waals surface area contributed by atoms with Crippen LogP contribution in [-0.4, -0.2) is 11.0 Å². The van der Waals surface area contributed by atoms with E-state index in [4.69, 9.17) is 12.2 Å². The number of amides is 1. The molecule has 0 aliphatic carbocycles. The molecule has 120 valence electrons. The average Bonchev–Trinajstić information content (AvgIpc) is 2.42. The summed E-state index contributed by atoms with van der Waals surface area (Å²) in [7, 11) is 0. The van der Waals surface area contributed by atoms with Crippen LogP contribution in [0.1, 0.15) is 38.2 Å². The summed E-state index contributed by atoms with van der Waals surface area (Å²) in [5, 5.41) is 6.20. The highest BCUT2D eigenvalue weighted by Gasteiger charge is 2.12. The molecule has 0 heterocycles. The summed E-state index contributed by atoms with van der Waals surface area (Å²) in [6.07, 6.45) is 0. The number of carbonyl (C=O) groups excluding carboxylic acids is 1. The van der Waals surface area contributed by atoms with Gasteiger partial charge in [-0.1, -0.05) is 35.4 Å². The van der Waals surface area contributed by atoms with E-state index < -0.39 is 0 Å². The molecular formula is C19H22N2OS. The van der Waals surface area contributed by atoms with Crippen LogP contribution < -0.4 is 10.6 Å². The Labute approximate surface area is 143 Å². The Hall–Kier alpha value is -2.20. The molecular weight excluding hydrogens is 304 g/mol. The van der Waals surface area contributed by atoms with Gasteiger partial charge in [-0.05, 0) is 69.6 Å². The van der Waals surface area contributed by atoms with E-state index in [-0.39, 0.29) is 5.91 Å². The zero-order chi connectivity index (χ0) is 17.1. The van der Waals surface area contributed by atoms with Crippen molar-refractivity contribution in [2.45, 2.75) is 34.6 Å². The summed E-state index contributed by atoms with van der Waals surface area (Å²) in [6, 6.07) is 9.91. The number of rotatable bonds is 2. The van der Waals surface area contributed by atoms with Gasteiger partial charge in [-0.3, -0.25) is 10.1 Å². The molecule has 1 amide bonds. The first kappa shape index (κ1) is 17.2. The SMILES string of the molecule is Cc1ccc(C(=O)NC(=S)Nc2c(C)cc(C)cc2C)c(C)c1. The Balaban J connectivity index is 2.12. The van der Waals surface area contributed by atoms with Crippen LogP contribution in [0.15, 0.2) is 30.3 Å². The number of hydrogen-bond donors (Lipinski definition) is 2. The van der Waals surface area contributed by atoms with Crippen LogP contribution in [-0.2, 0) is 0 Å². The molecule has 23 heavy (non-hydrogen) atoms. The van der Waals surface area contributed by atoms with Crippen molar-refractivity contribution in [1.29, 1.82) is 0 Å². The summed E-state index contributed by atoms with van der Waals surface area (Å²) < 4.78 is 0. The smallest absolute Gasteiger partial charge is 0.257 e. The lowest BCUT2D eigenvalue weighted by Crippen LogP contribution is -2.34. The van der Waals surface area contributed by atoms with Crippen LogP contribution >= 0.6 is 12.2 Å². The number of anilines is 1. The molecule has 2 rings (SSSR count). The molecule has 0 aliphatic rings. The number of aryl methyl sites for hydroxylation is 5. The van der Waals surface area contributed by atoms with E-state index in [1.807, 2.05) is 45.9 Å². The quantitative estimate of drug-likeness (QED) is 0.806. The summed E-state index contributed by atoms with van der Waals surface area (Å²) in [5.41, 5.74) is 7.06. The van der Waals surface area contributed by atoms with E-state index >= 15 is 0 Å². The molecule has 3 nitrogen and oxygen atoms in total. The van der Waals surface area contributed by atoms with Gasteiger partial charge in [0, 0.05) is 11.3 Å². The van der Waals surface area contributed by atoms with Crippen molar-refractivity contribution >= 4 is 28.9 Å². The maximum atomic E-state index is 12.4. The summed E-state index contributed by atoms with van der Waals surface area (Å²) in [5.74, 6) is -0.192. The molecule has 0 saturated carbocycles. The normalized spacial score (nSPS) is 10.3. The molecule has 4 heteroatoms. The molecule has 2 N–H and O–H groups in total. The molecule has 0 saturated heterocycles. The fraction of sp³-hybridized carbons (Fsp3) is 0.263. The minimum absolute atomic E-state index is 0.192. The van der Waals surface area contributed by atoms with E-state index in [1.54, 1.807) is 0 Å². The van der Waals surface area contributed by atoms with Gasteiger partial charge in [0.25, 0.3) is 5.91 Å². The number of carbonyl (C=O) groups is 1. The Kier molecular flexibility index (Phi) is 5.16. The topological polar surface area (TPSA) is 41.1 Å². The minimum atomic E-state index is -0.192. The third kappa shape index (κ3) is 4.17. The van der Waals surface area contributed by atoms with Crippen LogP contribution in [0, 0.1) is 34.6 Å². The van der Waals surface area contributed by atoms with Crippen LogP contribution in [0.2, 0.25) is 0 Å². The largest absolute Gasteiger partial charge is 0.332 e. The van der Waals surface area contributed by atoms with Crippen molar-refractivity contribution in [2.24, 2.45) is 0 Å². The first-order valence-electron chi connectivity index (χ1n) is 7.55. The Morgan fingerprint density at radius 1 is 0.870 bits per heavy atom. The number of hydrogen-bond acceptors (Lipinski definition) is 2. The van der Waals surface area contributed by atoms with Gasteiger partial charge in [0.1, 0.15) is 0 Å². The number of nitrogens with one attached hydrogen (secondary N) is 2. The summed E-state index contributed by atoms with van der Waals surface area (Å²) in [6.45, 7) is 10.0. The standard InChI is InChI=1S/C19H22N2OS/c1-11-6-7-16(13(3)8-11)18(22)21-19(23)20-17-14(4)9-12(2)10-15(17)5/h6-10H,1-5H3,(H2,20,21,22,23). The zero-order valence-corrected chi connectivity index (χ0v) is 15.0. The van der Waals surface area contributed by atoms with E-state index in [9.17, 15) is 4.79 Å². The summed E-state index contributed by atoms with van der Waals surface area (Å²) >= 11 is 5.29. The van der Waals surface area contributed by atoms with Gasteiger partial charge in [-0.15, -0.1) is 0 Å². The Bertz CT molecular complexity index is 758. The van der Waals surface area contributed by atoms with Crippen LogP contribution in [0.5, 0.6) is 0 Å². The maximum absolute atomic E-state index is 12.4. The van der Waals surface area contributed by atoms with Crippen molar-refractivity contribution in [2.75, 3.05) is 5.32 Å². The third-order valence-corrected chi connectivity index (χ3v) is 3.97. The maximum Gasteiger partial charge on any atom is 0.257 e. The second-order valence-corrected chi connectivity index (χ2v) is 6.41. The Morgan fingerprint density at radius 3 is 2.00 bits per heavy atom. The van der Waals surface area contributed by atoms with Crippen molar-refractivity contribution in [3.8, 4) is 0 Å². The van der Waals surface area contributed by atoms with Gasteiger partial charge >= 0.3 is 0 Å². The molecule has 0 fully saturated rings. The molecule has 2 aromatic rings. The molecule has 2 aromatic carbocycles. The first-order chi connectivity index (χ1) is 10.8. The molecule has 0 atom stereocenters. The Morgan fingerprint density at radius 2 is 1.43 bits per heavy atom. The van der Waals surface area contributed by atoms with Gasteiger partial charge in [0.15, 0.2) is 5.11 Å². The number of thiocarbonyl (C=S) groups is 1. The predicted molar refractivity (Wildman–Crippen MR) is 100 cm³/mol. The van der Waals surface area contributed by atoms with Gasteiger partial charge in [-0.25, -0.2) is 0 Å². The van der Waals surface area contributed by atoms with Crippen molar-refractivity contribution in [1.82, 2.24) is 5.32 Å². The molecule has 0 aromatic heterocycles. The highest BCUT2D eigenvalue weighted by atomic mass is 32.1. The molecule has 0 aliphatic heterocycles. The van der Waals surface area contributed by atoms with Crippen molar-refractivity contribution < 1.29 is 4.79 Å². The predicted octanol–water partition coefficient (Wildman–Crippen LogP) is 4.36. The van der Waals surface area contributed by atoms with Crippen molar-refractivity contribution in [3.63, 3.8) is 0 Å². The monoisotopic (exact) mass is 326 g/mol. The first-order valence-corrected chi connectivity index (χ1v) is 7.96. The molecule has 0 spiro atoms. The second-order valence-electron chi connectivity index (χ2n) is 6.00. The fourth-order valence-corrected chi connectivity index (χ4v) is 2.96. The lowest BCUT2D eigenvalue weighted by Gasteiger charge is -2.15. The van der Waals surface area contributed by atoms with Gasteiger partial charge in [0.2, 0.25) is 0 Å². The highest BCUT2D eigenvalue weighted by Crippen LogP contribution is 2.21. The van der Waals surface area contributed by atoms with Crippen LogP contribution in [0.4, 0.5) is 5.69 Å². The van der Waals surface area contributed by atoms with Gasteiger partial charge < -0.3 is 5.32 Å². The minimum Gasteiger partial charge on any atom is -0.332 e. The average molecular weight is 326 g/mol. The van der Waals surface area contributed by atoms with Gasteiger partial charge in [-0.2, -0.15) is 0 Å². The fourth-order valence-electron chi connectivity index (χ4n) is 2.76. The van der Waals surface area contributed by atoms with Crippen LogP contribution in [0.3, 0.4) is 0 Å². The summed E-state index contributed by atoms with van der Waals surface area (Å²) in [4.78, 5) is 12.4. The van der Waals surface area contributed by atoms with Crippen LogP contribution in [0.25, 0.3) is 0 Å². The molecule has 0 unspecified atom stereocenters. The number of benzene rings is 2. The third-order valence-electron chi connectivity index (χ3n) is 3.77.